The van der Waals surface area contributed by atoms with E-state index in [1.165, 1.54) is 12.1 Å². The molecule has 4 nitrogen and oxygen atoms in total. The quantitative estimate of drug-likeness (QED) is 0.595. The summed E-state index contributed by atoms with van der Waals surface area (Å²) in [6.07, 6.45) is -4.45. The topological polar surface area (TPSA) is 54.9 Å². The van der Waals surface area contributed by atoms with Crippen LogP contribution in [0.3, 0.4) is 0 Å². The molecule has 0 fully saturated rings. The van der Waals surface area contributed by atoms with E-state index in [1.807, 2.05) is 37.3 Å². The van der Waals surface area contributed by atoms with Crippen LogP contribution in [0.25, 0.3) is 11.3 Å². The number of alkyl halides is 3. The zero-order valence-corrected chi connectivity index (χ0v) is 15.6. The summed E-state index contributed by atoms with van der Waals surface area (Å²) in [7, 11) is 0. The van der Waals surface area contributed by atoms with Crippen molar-refractivity contribution >= 4 is 23.4 Å². The van der Waals surface area contributed by atoms with Gasteiger partial charge in [0.25, 0.3) is 0 Å². The third-order valence-electron chi connectivity index (χ3n) is 3.89. The van der Waals surface area contributed by atoms with Gasteiger partial charge in [-0.2, -0.15) is 13.2 Å². The molecule has 1 N–H and O–H groups in total. The number of aryl methyl sites for hydroxylation is 1. The van der Waals surface area contributed by atoms with Crippen molar-refractivity contribution in [2.75, 3.05) is 11.1 Å². The first-order valence-corrected chi connectivity index (χ1v) is 9.31. The van der Waals surface area contributed by atoms with E-state index in [-0.39, 0.29) is 11.4 Å². The van der Waals surface area contributed by atoms with Gasteiger partial charge in [-0.25, -0.2) is 0 Å². The number of carbonyl (C=O) groups is 1. The molecule has 0 atom stereocenters. The Bertz CT molecular complexity index is 975. The van der Waals surface area contributed by atoms with Crippen LogP contribution in [-0.4, -0.2) is 21.9 Å². The number of benzene rings is 2. The molecular formula is C20H16F3N3OS. The number of aromatic nitrogens is 2. The molecule has 0 aliphatic heterocycles. The van der Waals surface area contributed by atoms with Crippen LogP contribution in [0.2, 0.25) is 0 Å². The highest BCUT2D eigenvalue weighted by Crippen LogP contribution is 2.30. The van der Waals surface area contributed by atoms with Gasteiger partial charge in [0.15, 0.2) is 0 Å². The van der Waals surface area contributed by atoms with Gasteiger partial charge >= 0.3 is 6.18 Å². The first-order valence-electron chi connectivity index (χ1n) is 8.32. The summed E-state index contributed by atoms with van der Waals surface area (Å²) in [5.41, 5.74) is 2.08. The van der Waals surface area contributed by atoms with E-state index in [0.717, 1.165) is 40.7 Å². The normalized spacial score (nSPS) is 11.3. The SMILES string of the molecule is Cc1ccccc1-c1ccc(SCC(=O)Nc2cccc(C(F)(F)F)c2)nn1. The van der Waals surface area contributed by atoms with E-state index in [1.54, 1.807) is 6.07 Å². The average Bonchev–Trinajstić information content (AvgIpc) is 2.67. The Morgan fingerprint density at radius 3 is 2.50 bits per heavy atom. The van der Waals surface area contributed by atoms with E-state index in [2.05, 4.69) is 15.5 Å². The molecule has 3 rings (SSSR count). The zero-order valence-electron chi connectivity index (χ0n) is 14.8. The summed E-state index contributed by atoms with van der Waals surface area (Å²) in [6, 6.07) is 15.9. The van der Waals surface area contributed by atoms with Crippen molar-refractivity contribution in [1.82, 2.24) is 10.2 Å². The second kappa shape index (κ2) is 8.43. The van der Waals surface area contributed by atoms with Crippen LogP contribution in [0.15, 0.2) is 65.7 Å². The molecule has 0 aliphatic rings. The third kappa shape index (κ3) is 5.10. The molecule has 0 unspecified atom stereocenters. The minimum absolute atomic E-state index is 0.00857. The van der Waals surface area contributed by atoms with Crippen molar-refractivity contribution in [2.24, 2.45) is 0 Å². The number of rotatable bonds is 5. The van der Waals surface area contributed by atoms with Gasteiger partial charge < -0.3 is 5.32 Å². The highest BCUT2D eigenvalue weighted by atomic mass is 32.2. The molecule has 8 heteroatoms. The maximum atomic E-state index is 12.7. The minimum Gasteiger partial charge on any atom is -0.325 e. The third-order valence-corrected chi connectivity index (χ3v) is 4.81. The van der Waals surface area contributed by atoms with Crippen LogP contribution >= 0.6 is 11.8 Å². The highest BCUT2D eigenvalue weighted by Gasteiger charge is 2.30. The maximum Gasteiger partial charge on any atom is 0.416 e. The molecule has 144 valence electrons. The van der Waals surface area contributed by atoms with E-state index < -0.39 is 17.6 Å². The van der Waals surface area contributed by atoms with Crippen molar-refractivity contribution in [3.63, 3.8) is 0 Å². The molecule has 0 bridgehead atoms. The molecule has 1 amide bonds. The molecule has 0 radical (unpaired) electrons. The van der Waals surface area contributed by atoms with Crippen molar-refractivity contribution < 1.29 is 18.0 Å². The standard InChI is InChI=1S/C20H16F3N3OS/c1-13-5-2-3-8-16(13)17-9-10-19(26-25-17)28-12-18(27)24-15-7-4-6-14(11-15)20(21,22)23/h2-11H,12H2,1H3,(H,24,27). The monoisotopic (exact) mass is 403 g/mol. The Hall–Kier alpha value is -2.87. The van der Waals surface area contributed by atoms with Gasteiger partial charge in [0.1, 0.15) is 5.03 Å². The fourth-order valence-corrected chi connectivity index (χ4v) is 3.12. The summed E-state index contributed by atoms with van der Waals surface area (Å²) in [4.78, 5) is 12.0. The number of hydrogen-bond acceptors (Lipinski definition) is 4. The van der Waals surface area contributed by atoms with Crippen LogP contribution < -0.4 is 5.32 Å². The van der Waals surface area contributed by atoms with E-state index >= 15 is 0 Å². The predicted molar refractivity (Wildman–Crippen MR) is 103 cm³/mol. The van der Waals surface area contributed by atoms with Crippen LogP contribution in [-0.2, 0) is 11.0 Å². The van der Waals surface area contributed by atoms with E-state index in [4.69, 9.17) is 0 Å². The first kappa shape index (κ1) is 19.9. The van der Waals surface area contributed by atoms with Crippen molar-refractivity contribution in [3.05, 3.63) is 71.8 Å². The molecule has 0 aliphatic carbocycles. The molecule has 2 aromatic carbocycles. The number of nitrogens with one attached hydrogen (secondary N) is 1. The highest BCUT2D eigenvalue weighted by molar-refractivity contribution is 7.99. The fourth-order valence-electron chi connectivity index (χ4n) is 2.51. The number of halogens is 3. The smallest absolute Gasteiger partial charge is 0.325 e. The van der Waals surface area contributed by atoms with Crippen molar-refractivity contribution in [3.8, 4) is 11.3 Å². The lowest BCUT2D eigenvalue weighted by molar-refractivity contribution is -0.137. The first-order chi connectivity index (χ1) is 13.3. The summed E-state index contributed by atoms with van der Waals surface area (Å²) in [5, 5.41) is 11.3. The van der Waals surface area contributed by atoms with Crippen molar-refractivity contribution in [1.29, 1.82) is 0 Å². The largest absolute Gasteiger partial charge is 0.416 e. The lowest BCUT2D eigenvalue weighted by Gasteiger charge is -2.09. The molecule has 28 heavy (non-hydrogen) atoms. The Kier molecular flexibility index (Phi) is 5.99. The predicted octanol–water partition coefficient (Wildman–Crippen LogP) is 5.20. The van der Waals surface area contributed by atoms with Gasteiger partial charge in [-0.3, -0.25) is 4.79 Å². The Morgan fingerprint density at radius 2 is 1.82 bits per heavy atom. The number of carbonyl (C=O) groups excluding carboxylic acids is 1. The zero-order chi connectivity index (χ0) is 20.1. The Morgan fingerprint density at radius 1 is 1.04 bits per heavy atom. The van der Waals surface area contributed by atoms with E-state index in [0.29, 0.717) is 5.03 Å². The second-order valence-corrected chi connectivity index (χ2v) is 6.98. The van der Waals surface area contributed by atoms with Crippen molar-refractivity contribution in [2.45, 2.75) is 18.1 Å². The molecule has 0 saturated carbocycles. The molecule has 1 heterocycles. The summed E-state index contributed by atoms with van der Waals surface area (Å²) in [5.74, 6) is -0.414. The van der Waals surface area contributed by atoms with Gasteiger partial charge in [-0.1, -0.05) is 42.1 Å². The molecular weight excluding hydrogens is 387 g/mol. The van der Waals surface area contributed by atoms with E-state index in [9.17, 15) is 18.0 Å². The van der Waals surface area contributed by atoms with Crippen LogP contribution in [0.1, 0.15) is 11.1 Å². The number of anilines is 1. The molecule has 0 spiro atoms. The summed E-state index contributed by atoms with van der Waals surface area (Å²) >= 11 is 1.16. The minimum atomic E-state index is -4.45. The van der Waals surface area contributed by atoms with Gasteiger partial charge in [0, 0.05) is 11.3 Å². The Balaban J connectivity index is 1.59. The number of thioether (sulfide) groups is 1. The fraction of sp³-hybridized carbons (Fsp3) is 0.150. The maximum absolute atomic E-state index is 12.7. The number of amides is 1. The second-order valence-electron chi connectivity index (χ2n) is 5.99. The Labute approximate surface area is 164 Å². The van der Waals surface area contributed by atoms with Gasteiger partial charge in [-0.15, -0.1) is 10.2 Å². The van der Waals surface area contributed by atoms with Gasteiger partial charge in [0.2, 0.25) is 5.91 Å². The van der Waals surface area contributed by atoms with Crippen LogP contribution in [0.4, 0.5) is 18.9 Å². The van der Waals surface area contributed by atoms with Crippen LogP contribution in [0.5, 0.6) is 0 Å². The lowest BCUT2D eigenvalue weighted by Crippen LogP contribution is -2.15. The molecule has 0 saturated heterocycles. The van der Waals surface area contributed by atoms with Gasteiger partial charge in [0.05, 0.1) is 17.0 Å². The number of nitrogens with zero attached hydrogens (tertiary/aromatic N) is 2. The van der Waals surface area contributed by atoms with Gasteiger partial charge in [-0.05, 0) is 42.8 Å². The number of hydrogen-bond donors (Lipinski definition) is 1. The molecule has 1 aromatic heterocycles. The summed E-state index contributed by atoms with van der Waals surface area (Å²) in [6.45, 7) is 1.98. The van der Waals surface area contributed by atoms with Crippen LogP contribution in [0, 0.1) is 6.92 Å². The average molecular weight is 403 g/mol. The lowest BCUT2D eigenvalue weighted by atomic mass is 10.1. The summed E-state index contributed by atoms with van der Waals surface area (Å²) < 4.78 is 38.2. The molecule has 3 aromatic rings.